The number of nitrogens with zero attached hydrogens (tertiary/aromatic N) is 2. The third kappa shape index (κ3) is 3.16. The smallest absolute Gasteiger partial charge is 0.318 e. The Morgan fingerprint density at radius 3 is 2.71 bits per heavy atom. The molecule has 2 rings (SSSR count). The minimum absolute atomic E-state index is 0.0646. The van der Waals surface area contributed by atoms with E-state index in [-0.39, 0.29) is 24.5 Å². The van der Waals surface area contributed by atoms with Crippen molar-refractivity contribution in [3.05, 3.63) is 40.9 Å². The first kappa shape index (κ1) is 14.9. The van der Waals surface area contributed by atoms with Gasteiger partial charge >= 0.3 is 5.97 Å². The first-order valence-corrected chi connectivity index (χ1v) is 6.66. The molecule has 2 aromatic rings. The molecule has 6 heteroatoms. The van der Waals surface area contributed by atoms with Crippen LogP contribution in [0.2, 0.25) is 0 Å². The zero-order valence-electron chi connectivity index (χ0n) is 11.9. The van der Waals surface area contributed by atoms with Gasteiger partial charge in [-0.3, -0.25) is 19.0 Å². The lowest BCUT2D eigenvalue weighted by Gasteiger charge is -2.14. The molecule has 0 saturated carbocycles. The predicted molar refractivity (Wildman–Crippen MR) is 76.8 cm³/mol. The summed E-state index contributed by atoms with van der Waals surface area (Å²) in [6.45, 7) is 3.10. The molecule has 6 nitrogen and oxygen atoms in total. The summed E-state index contributed by atoms with van der Waals surface area (Å²) in [5.74, 6) is -1.95. The Balaban J connectivity index is 2.37. The molecule has 0 aliphatic rings. The number of benzene rings is 1. The van der Waals surface area contributed by atoms with Crippen LogP contribution in [-0.2, 0) is 20.9 Å². The van der Waals surface area contributed by atoms with Crippen LogP contribution < -0.4 is 5.56 Å². The second kappa shape index (κ2) is 6.30. The van der Waals surface area contributed by atoms with Crippen LogP contribution in [0.25, 0.3) is 10.9 Å². The van der Waals surface area contributed by atoms with Gasteiger partial charge in [0.1, 0.15) is 11.7 Å². The average molecular weight is 288 g/mol. The standard InChI is InChI=1S/C15H16N2O4/c1-3-21-15(20)12(10(2)18)8-17-9-16-13-7-5-4-6-11(13)14(17)19/h4-7,9,12H,3,8H2,1-2H3. The number of hydrogen-bond donors (Lipinski definition) is 0. The molecule has 1 unspecified atom stereocenters. The molecule has 0 spiro atoms. The molecule has 110 valence electrons. The van der Waals surface area contributed by atoms with Crippen molar-refractivity contribution in [2.75, 3.05) is 6.61 Å². The molecule has 0 bridgehead atoms. The normalized spacial score (nSPS) is 12.1. The van der Waals surface area contributed by atoms with Crippen LogP contribution >= 0.6 is 0 Å². The minimum atomic E-state index is -0.995. The van der Waals surface area contributed by atoms with Gasteiger partial charge in [0, 0.05) is 6.54 Å². The van der Waals surface area contributed by atoms with Crippen LogP contribution in [-0.4, -0.2) is 27.9 Å². The summed E-state index contributed by atoms with van der Waals surface area (Å²) in [6, 6.07) is 6.92. The third-order valence-electron chi connectivity index (χ3n) is 3.17. The Morgan fingerprint density at radius 1 is 1.33 bits per heavy atom. The van der Waals surface area contributed by atoms with Crippen LogP contribution in [0.4, 0.5) is 0 Å². The van der Waals surface area contributed by atoms with Crippen molar-refractivity contribution in [1.29, 1.82) is 0 Å². The van der Waals surface area contributed by atoms with E-state index in [1.54, 1.807) is 31.2 Å². The molecule has 0 saturated heterocycles. The van der Waals surface area contributed by atoms with Gasteiger partial charge in [0.2, 0.25) is 0 Å². The van der Waals surface area contributed by atoms with Crippen molar-refractivity contribution in [3.8, 4) is 0 Å². The predicted octanol–water partition coefficient (Wildman–Crippen LogP) is 1.16. The number of ether oxygens (including phenoxy) is 1. The topological polar surface area (TPSA) is 78.3 Å². The summed E-state index contributed by atoms with van der Waals surface area (Å²) < 4.78 is 6.14. The van der Waals surface area contributed by atoms with Gasteiger partial charge in [-0.2, -0.15) is 0 Å². The Kier molecular flexibility index (Phi) is 4.47. The molecule has 21 heavy (non-hydrogen) atoms. The molecule has 1 aromatic carbocycles. The van der Waals surface area contributed by atoms with E-state index in [2.05, 4.69) is 4.98 Å². The molecule has 1 heterocycles. The maximum Gasteiger partial charge on any atom is 0.318 e. The number of carbonyl (C=O) groups is 2. The SMILES string of the molecule is CCOC(=O)C(Cn1cnc2ccccc2c1=O)C(C)=O. The van der Waals surface area contributed by atoms with Crippen LogP contribution in [0.1, 0.15) is 13.8 Å². The third-order valence-corrected chi connectivity index (χ3v) is 3.17. The molecule has 0 aliphatic heterocycles. The van der Waals surface area contributed by atoms with E-state index in [9.17, 15) is 14.4 Å². The summed E-state index contributed by atoms with van der Waals surface area (Å²) in [5.41, 5.74) is 0.297. The Hall–Kier alpha value is -2.50. The maximum atomic E-state index is 12.3. The lowest BCUT2D eigenvalue weighted by Crippen LogP contribution is -2.33. The van der Waals surface area contributed by atoms with Gasteiger partial charge in [0.25, 0.3) is 5.56 Å². The van der Waals surface area contributed by atoms with Crippen LogP contribution in [0, 0.1) is 5.92 Å². The number of aromatic nitrogens is 2. The maximum absolute atomic E-state index is 12.3. The zero-order chi connectivity index (χ0) is 15.4. The van der Waals surface area contributed by atoms with Gasteiger partial charge in [-0.15, -0.1) is 0 Å². The summed E-state index contributed by atoms with van der Waals surface area (Å²) >= 11 is 0. The summed E-state index contributed by atoms with van der Waals surface area (Å²) in [6.07, 6.45) is 1.35. The number of ketones is 1. The number of carbonyl (C=O) groups excluding carboxylic acids is 2. The highest BCUT2D eigenvalue weighted by molar-refractivity contribution is 5.97. The lowest BCUT2D eigenvalue weighted by molar-refractivity contribution is -0.151. The molecule has 1 aromatic heterocycles. The number of fused-ring (bicyclic) bond motifs is 1. The molecule has 1 atom stereocenters. The zero-order valence-corrected chi connectivity index (χ0v) is 11.9. The van der Waals surface area contributed by atoms with Crippen LogP contribution in [0.3, 0.4) is 0 Å². The molecule has 0 aliphatic carbocycles. The van der Waals surface area contributed by atoms with Crippen LogP contribution in [0.15, 0.2) is 35.4 Å². The fraction of sp³-hybridized carbons (Fsp3) is 0.333. The summed E-state index contributed by atoms with van der Waals surface area (Å²) in [7, 11) is 0. The van der Waals surface area contributed by atoms with Gasteiger partial charge in [-0.25, -0.2) is 4.98 Å². The molecular formula is C15H16N2O4. The average Bonchev–Trinajstić information content (AvgIpc) is 2.46. The second-order valence-corrected chi connectivity index (χ2v) is 4.63. The van der Waals surface area contributed by atoms with Crippen molar-refractivity contribution in [1.82, 2.24) is 9.55 Å². The molecule has 0 amide bonds. The fourth-order valence-electron chi connectivity index (χ4n) is 2.04. The van der Waals surface area contributed by atoms with Crippen molar-refractivity contribution in [3.63, 3.8) is 0 Å². The van der Waals surface area contributed by atoms with Gasteiger partial charge in [0.05, 0.1) is 23.8 Å². The Bertz CT molecular complexity index is 736. The Labute approximate surface area is 121 Å². The number of rotatable bonds is 5. The van der Waals surface area contributed by atoms with E-state index >= 15 is 0 Å². The van der Waals surface area contributed by atoms with E-state index in [0.717, 1.165) is 0 Å². The van der Waals surface area contributed by atoms with Gasteiger partial charge in [0.15, 0.2) is 0 Å². The Morgan fingerprint density at radius 2 is 2.05 bits per heavy atom. The number of para-hydroxylation sites is 1. The van der Waals surface area contributed by atoms with Gasteiger partial charge in [-0.05, 0) is 26.0 Å². The molecular weight excluding hydrogens is 272 g/mol. The highest BCUT2D eigenvalue weighted by atomic mass is 16.5. The molecule has 0 radical (unpaired) electrons. The van der Waals surface area contributed by atoms with E-state index in [0.29, 0.717) is 10.9 Å². The first-order valence-electron chi connectivity index (χ1n) is 6.66. The van der Waals surface area contributed by atoms with Gasteiger partial charge in [-0.1, -0.05) is 12.1 Å². The monoisotopic (exact) mass is 288 g/mol. The molecule has 0 fully saturated rings. The molecule has 0 N–H and O–H groups in total. The summed E-state index contributed by atoms with van der Waals surface area (Å²) in [5, 5.41) is 0.450. The minimum Gasteiger partial charge on any atom is -0.465 e. The van der Waals surface area contributed by atoms with Gasteiger partial charge < -0.3 is 4.74 Å². The number of Topliss-reactive ketones (excluding diaryl/α,β-unsaturated/α-hetero) is 1. The first-order chi connectivity index (χ1) is 10.0. The lowest BCUT2D eigenvalue weighted by atomic mass is 10.1. The van der Waals surface area contributed by atoms with Crippen molar-refractivity contribution in [2.45, 2.75) is 20.4 Å². The second-order valence-electron chi connectivity index (χ2n) is 4.63. The van der Waals surface area contributed by atoms with Crippen molar-refractivity contribution < 1.29 is 14.3 Å². The van der Waals surface area contributed by atoms with Crippen molar-refractivity contribution in [2.24, 2.45) is 5.92 Å². The number of esters is 1. The summed E-state index contributed by atoms with van der Waals surface area (Å²) in [4.78, 5) is 39.9. The highest BCUT2D eigenvalue weighted by Crippen LogP contribution is 2.08. The van der Waals surface area contributed by atoms with Crippen LogP contribution in [0.5, 0.6) is 0 Å². The van der Waals surface area contributed by atoms with E-state index < -0.39 is 11.9 Å². The number of hydrogen-bond acceptors (Lipinski definition) is 5. The highest BCUT2D eigenvalue weighted by Gasteiger charge is 2.25. The van der Waals surface area contributed by atoms with Crippen molar-refractivity contribution >= 4 is 22.7 Å². The largest absolute Gasteiger partial charge is 0.465 e. The van der Waals surface area contributed by atoms with E-state index in [4.69, 9.17) is 4.74 Å². The van der Waals surface area contributed by atoms with E-state index in [1.807, 2.05) is 0 Å². The quantitative estimate of drug-likeness (QED) is 0.609. The fourth-order valence-corrected chi connectivity index (χ4v) is 2.04. The van der Waals surface area contributed by atoms with E-state index in [1.165, 1.54) is 17.8 Å².